The van der Waals surface area contributed by atoms with E-state index < -0.39 is 0 Å². The molecule has 0 fully saturated rings. The molecule has 2 heteroatoms. The third-order valence-electron chi connectivity index (χ3n) is 12.8. The van der Waals surface area contributed by atoms with Gasteiger partial charge >= 0.3 is 0 Å². The summed E-state index contributed by atoms with van der Waals surface area (Å²) in [6.45, 7) is 14.6. The lowest BCUT2D eigenvalue weighted by molar-refractivity contribution is 0.645. The van der Waals surface area contributed by atoms with Crippen molar-refractivity contribution in [3.8, 4) is 33.6 Å². The zero-order valence-electron chi connectivity index (χ0n) is 30.6. The summed E-state index contributed by atoms with van der Waals surface area (Å²) < 4.78 is 4.92. The van der Waals surface area contributed by atoms with Gasteiger partial charge in [0.2, 0.25) is 0 Å². The fourth-order valence-electron chi connectivity index (χ4n) is 10.7. The van der Waals surface area contributed by atoms with Crippen LogP contribution in [-0.4, -0.2) is 9.13 Å². The topological polar surface area (TPSA) is 9.86 Å². The Morgan fingerprint density at radius 1 is 0.385 bits per heavy atom. The van der Waals surface area contributed by atoms with Gasteiger partial charge in [-0.2, -0.15) is 0 Å². The molecule has 0 radical (unpaired) electrons. The second kappa shape index (κ2) is 9.92. The highest BCUT2D eigenvalue weighted by atomic mass is 15.0. The number of rotatable bonds is 2. The van der Waals surface area contributed by atoms with Crippen LogP contribution in [0, 0.1) is 13.8 Å². The van der Waals surface area contributed by atoms with Crippen molar-refractivity contribution in [1.29, 1.82) is 0 Å². The molecule has 0 saturated carbocycles. The van der Waals surface area contributed by atoms with Crippen molar-refractivity contribution in [3.05, 3.63) is 167 Å². The summed E-state index contributed by atoms with van der Waals surface area (Å²) in [4.78, 5) is 0. The molecular weight excluding hydrogens is 629 g/mol. The standard InChI is InChI=1S/C50H40N2/c1-29-45-37-25-35-33-21-13-15-23-41(33)51(31-17-9-7-10-18-31)43(35)27-39(37)50(5,6)48(45)30(2)46-38-26-36-34-22-14-16-24-42(34)52(32-19-11-8-12-20-32)44(36)28-40(38)49(3,4)47(29)46/h7-28H,1-6H3. The molecule has 2 nitrogen and oxygen atoms in total. The molecule has 0 spiro atoms. The van der Waals surface area contributed by atoms with E-state index in [-0.39, 0.29) is 10.8 Å². The van der Waals surface area contributed by atoms with Crippen LogP contribution < -0.4 is 0 Å². The number of hydrogen-bond acceptors (Lipinski definition) is 0. The molecule has 2 aliphatic rings. The van der Waals surface area contributed by atoms with Crippen LogP contribution in [0.3, 0.4) is 0 Å². The second-order valence-electron chi connectivity index (χ2n) is 16.2. The van der Waals surface area contributed by atoms with Gasteiger partial charge in [0.15, 0.2) is 0 Å². The van der Waals surface area contributed by atoms with Gasteiger partial charge < -0.3 is 9.13 Å². The molecule has 0 atom stereocenters. The predicted octanol–water partition coefficient (Wildman–Crippen LogP) is 13.1. The molecule has 0 N–H and O–H groups in total. The summed E-state index contributed by atoms with van der Waals surface area (Å²) >= 11 is 0. The maximum atomic E-state index is 2.52. The number of hydrogen-bond donors (Lipinski definition) is 0. The van der Waals surface area contributed by atoms with Crippen molar-refractivity contribution in [2.75, 3.05) is 0 Å². The van der Waals surface area contributed by atoms with Crippen molar-refractivity contribution in [1.82, 2.24) is 9.13 Å². The Morgan fingerprint density at radius 3 is 1.15 bits per heavy atom. The minimum atomic E-state index is -0.166. The monoisotopic (exact) mass is 668 g/mol. The van der Waals surface area contributed by atoms with Gasteiger partial charge in [0, 0.05) is 43.7 Å². The molecule has 2 heterocycles. The smallest absolute Gasteiger partial charge is 0.0544 e. The summed E-state index contributed by atoms with van der Waals surface area (Å²) in [5, 5.41) is 5.24. The first-order chi connectivity index (χ1) is 25.2. The van der Waals surface area contributed by atoms with Crippen LogP contribution in [-0.2, 0) is 10.8 Å². The quantitative estimate of drug-likeness (QED) is 0.173. The number of para-hydroxylation sites is 4. The summed E-state index contributed by atoms with van der Waals surface area (Å²) in [5.74, 6) is 0. The van der Waals surface area contributed by atoms with E-state index in [2.05, 4.69) is 184 Å². The predicted molar refractivity (Wildman–Crippen MR) is 220 cm³/mol. The van der Waals surface area contributed by atoms with Gasteiger partial charge in [-0.25, -0.2) is 0 Å². The molecule has 9 aromatic rings. The highest BCUT2D eigenvalue weighted by Crippen LogP contribution is 2.61. The van der Waals surface area contributed by atoms with Gasteiger partial charge in [-0.3, -0.25) is 0 Å². The zero-order valence-corrected chi connectivity index (χ0v) is 30.6. The summed E-state index contributed by atoms with van der Waals surface area (Å²) in [6.07, 6.45) is 0. The van der Waals surface area contributed by atoms with Crippen molar-refractivity contribution >= 4 is 43.6 Å². The Morgan fingerprint density at radius 2 is 0.750 bits per heavy atom. The van der Waals surface area contributed by atoms with Gasteiger partial charge in [0.05, 0.1) is 22.1 Å². The molecular formula is C50H40N2. The Labute approximate surface area is 304 Å². The maximum absolute atomic E-state index is 2.52. The van der Waals surface area contributed by atoms with E-state index in [4.69, 9.17) is 0 Å². The lowest BCUT2D eigenvalue weighted by Gasteiger charge is -2.29. The number of benzene rings is 7. The normalized spacial score (nSPS) is 15.0. The number of fused-ring (bicyclic) bond motifs is 12. The van der Waals surface area contributed by atoms with Crippen molar-refractivity contribution < 1.29 is 0 Å². The number of nitrogens with zero attached hydrogens (tertiary/aromatic N) is 2. The molecule has 0 aliphatic heterocycles. The van der Waals surface area contributed by atoms with Gasteiger partial charge in [0.1, 0.15) is 0 Å². The van der Waals surface area contributed by atoms with E-state index in [1.54, 1.807) is 0 Å². The van der Waals surface area contributed by atoms with Crippen LogP contribution in [0.1, 0.15) is 61.1 Å². The van der Waals surface area contributed by atoms with Crippen molar-refractivity contribution in [2.45, 2.75) is 52.4 Å². The van der Waals surface area contributed by atoms with E-state index >= 15 is 0 Å². The molecule has 7 aromatic carbocycles. The summed E-state index contributed by atoms with van der Waals surface area (Å²) in [5.41, 5.74) is 21.5. The minimum Gasteiger partial charge on any atom is -0.309 e. The zero-order chi connectivity index (χ0) is 35.3. The third kappa shape index (κ3) is 3.55. The molecule has 11 rings (SSSR count). The fraction of sp³-hybridized carbons (Fsp3) is 0.160. The van der Waals surface area contributed by atoms with Crippen LogP contribution in [0.15, 0.2) is 133 Å². The molecule has 0 amide bonds. The van der Waals surface area contributed by atoms with Gasteiger partial charge in [0.25, 0.3) is 0 Å². The Kier molecular flexibility index (Phi) is 5.69. The van der Waals surface area contributed by atoms with Crippen LogP contribution >= 0.6 is 0 Å². The van der Waals surface area contributed by atoms with Gasteiger partial charge in [-0.05, 0) is 130 Å². The lowest BCUT2D eigenvalue weighted by Crippen LogP contribution is -2.20. The first-order valence-electron chi connectivity index (χ1n) is 18.6. The molecule has 52 heavy (non-hydrogen) atoms. The Balaban J connectivity index is 1.21. The summed E-state index contributed by atoms with van der Waals surface area (Å²) in [7, 11) is 0. The van der Waals surface area contributed by atoms with E-state index in [1.807, 2.05) is 0 Å². The minimum absolute atomic E-state index is 0.166. The van der Waals surface area contributed by atoms with Crippen LogP contribution in [0.25, 0.3) is 77.2 Å². The van der Waals surface area contributed by atoms with Crippen molar-refractivity contribution in [3.63, 3.8) is 0 Å². The highest BCUT2D eigenvalue weighted by molar-refractivity contribution is 6.14. The Hall–Kier alpha value is -5.86. The van der Waals surface area contributed by atoms with Crippen molar-refractivity contribution in [2.24, 2.45) is 0 Å². The molecule has 0 bridgehead atoms. The van der Waals surface area contributed by atoms with E-state index in [0.717, 1.165) is 0 Å². The SMILES string of the molecule is Cc1c2c(c(C)c3c1C(C)(C)c1cc4c(cc1-3)c1ccccc1n4-c1ccccc1)C(C)(C)c1cc3c(cc1-2)c1ccccc1n3-c1ccccc1. The van der Waals surface area contributed by atoms with Gasteiger partial charge in [-0.1, -0.05) is 100 Å². The van der Waals surface area contributed by atoms with E-state index in [9.17, 15) is 0 Å². The van der Waals surface area contributed by atoms with Crippen LogP contribution in [0.5, 0.6) is 0 Å². The first-order valence-corrected chi connectivity index (χ1v) is 18.6. The maximum Gasteiger partial charge on any atom is 0.0544 e. The van der Waals surface area contributed by atoms with Crippen LogP contribution in [0.2, 0.25) is 0 Å². The van der Waals surface area contributed by atoms with E-state index in [0.29, 0.717) is 0 Å². The fourth-order valence-corrected chi connectivity index (χ4v) is 10.7. The number of aromatic nitrogens is 2. The molecule has 2 aliphatic carbocycles. The highest BCUT2D eigenvalue weighted by Gasteiger charge is 2.46. The molecule has 250 valence electrons. The average molecular weight is 669 g/mol. The van der Waals surface area contributed by atoms with E-state index in [1.165, 1.54) is 111 Å². The molecule has 0 saturated heterocycles. The first kappa shape index (κ1) is 29.8. The van der Waals surface area contributed by atoms with Gasteiger partial charge in [-0.15, -0.1) is 0 Å². The van der Waals surface area contributed by atoms with Crippen LogP contribution in [0.4, 0.5) is 0 Å². The Bertz CT molecular complexity index is 2800. The third-order valence-corrected chi connectivity index (χ3v) is 12.8. The molecule has 0 unspecified atom stereocenters. The molecule has 2 aromatic heterocycles. The second-order valence-corrected chi connectivity index (χ2v) is 16.2. The average Bonchev–Trinajstić information content (AvgIpc) is 3.81. The largest absolute Gasteiger partial charge is 0.309 e. The summed E-state index contributed by atoms with van der Waals surface area (Å²) in [6, 6.07) is 49.6. The lowest BCUT2D eigenvalue weighted by atomic mass is 9.74.